The van der Waals surface area contributed by atoms with Gasteiger partial charge in [0.05, 0.1) is 6.04 Å². The predicted molar refractivity (Wildman–Crippen MR) is 101 cm³/mol. The second-order valence-corrected chi connectivity index (χ2v) is 9.38. The van der Waals surface area contributed by atoms with Crippen LogP contribution in [0.25, 0.3) is 0 Å². The molecule has 0 N–H and O–H groups in total. The van der Waals surface area contributed by atoms with E-state index in [2.05, 4.69) is 0 Å². The molecule has 3 rings (SSSR count). The summed E-state index contributed by atoms with van der Waals surface area (Å²) in [6.45, 7) is 4.45. The minimum atomic E-state index is -3.58. The first-order chi connectivity index (χ1) is 12.3. The second kappa shape index (κ2) is 7.38. The average Bonchev–Trinajstić information content (AvgIpc) is 3.09. The van der Waals surface area contributed by atoms with Crippen molar-refractivity contribution in [1.29, 1.82) is 0 Å². The van der Waals surface area contributed by atoms with Gasteiger partial charge in [-0.2, -0.15) is 4.31 Å². The molecule has 0 aliphatic carbocycles. The van der Waals surface area contributed by atoms with Crippen molar-refractivity contribution < 1.29 is 17.9 Å². The molecule has 6 nitrogen and oxygen atoms in total. The van der Waals surface area contributed by atoms with E-state index >= 15 is 0 Å². The van der Waals surface area contributed by atoms with Gasteiger partial charge in [-0.1, -0.05) is 12.1 Å². The van der Waals surface area contributed by atoms with Crippen molar-refractivity contribution in [3.05, 3.63) is 46.8 Å². The maximum absolute atomic E-state index is 13.0. The molecule has 0 saturated carbocycles. The summed E-state index contributed by atoms with van der Waals surface area (Å²) in [6.07, 6.45) is 0. The van der Waals surface area contributed by atoms with Gasteiger partial charge in [0.1, 0.15) is 16.6 Å². The van der Waals surface area contributed by atoms with Crippen molar-refractivity contribution in [2.24, 2.45) is 0 Å². The third kappa shape index (κ3) is 3.62. The number of fused-ring (bicyclic) bond motifs is 1. The first-order valence-corrected chi connectivity index (χ1v) is 10.7. The quantitative estimate of drug-likeness (QED) is 0.800. The number of sulfonamides is 1. The lowest BCUT2D eigenvalue weighted by Gasteiger charge is -2.26. The van der Waals surface area contributed by atoms with E-state index in [9.17, 15) is 13.2 Å². The van der Waals surface area contributed by atoms with Crippen LogP contribution in [0.1, 0.15) is 31.0 Å². The van der Waals surface area contributed by atoms with E-state index < -0.39 is 10.0 Å². The maximum Gasteiger partial charge on any atom is 0.253 e. The van der Waals surface area contributed by atoms with E-state index in [1.807, 2.05) is 25.1 Å². The van der Waals surface area contributed by atoms with Crippen molar-refractivity contribution in [2.75, 3.05) is 20.2 Å². The van der Waals surface area contributed by atoms with Crippen molar-refractivity contribution in [2.45, 2.75) is 30.6 Å². The average molecular weight is 395 g/mol. The normalized spacial score (nSPS) is 17.9. The molecule has 2 heterocycles. The first-order valence-electron chi connectivity index (χ1n) is 8.33. The predicted octanol–water partition coefficient (Wildman–Crippen LogP) is 2.87. The fraction of sp³-hybridized carbons (Fsp3) is 0.389. The second-order valence-electron chi connectivity index (χ2n) is 6.32. The van der Waals surface area contributed by atoms with Crippen LogP contribution < -0.4 is 4.74 Å². The van der Waals surface area contributed by atoms with Crippen LogP contribution >= 0.6 is 11.3 Å². The van der Waals surface area contributed by atoms with Crippen LogP contribution in [0.15, 0.2) is 39.9 Å². The molecular formula is C18H22N2O4S2. The number of benzene rings is 1. The largest absolute Gasteiger partial charge is 0.492 e. The van der Waals surface area contributed by atoms with Crippen LogP contribution in [-0.2, 0) is 21.4 Å². The zero-order valence-corrected chi connectivity index (χ0v) is 16.6. The van der Waals surface area contributed by atoms with Gasteiger partial charge >= 0.3 is 0 Å². The summed E-state index contributed by atoms with van der Waals surface area (Å²) in [5.74, 6) is 0.668. The number of carbonyl (C=O) groups is 1. The Morgan fingerprint density at radius 3 is 2.81 bits per heavy atom. The number of nitrogens with zero attached hydrogens (tertiary/aromatic N) is 2. The van der Waals surface area contributed by atoms with Crippen LogP contribution in [-0.4, -0.2) is 43.7 Å². The molecular weight excluding hydrogens is 372 g/mol. The summed E-state index contributed by atoms with van der Waals surface area (Å²) in [5.41, 5.74) is 1.75. The van der Waals surface area contributed by atoms with Gasteiger partial charge in [-0.3, -0.25) is 4.79 Å². The number of ether oxygens (including phenoxy) is 1. The van der Waals surface area contributed by atoms with Crippen LogP contribution in [0.3, 0.4) is 0 Å². The summed E-state index contributed by atoms with van der Waals surface area (Å²) in [5, 5.41) is 1.76. The zero-order valence-electron chi connectivity index (χ0n) is 15.0. The zero-order chi connectivity index (χ0) is 18.9. The number of carbonyl (C=O) groups excluding carboxylic acids is 1. The molecule has 8 heteroatoms. The summed E-state index contributed by atoms with van der Waals surface area (Å²) in [6, 6.07) is 8.70. The van der Waals surface area contributed by atoms with Gasteiger partial charge < -0.3 is 9.64 Å². The highest BCUT2D eigenvalue weighted by atomic mass is 32.2. The monoisotopic (exact) mass is 394 g/mol. The lowest BCUT2D eigenvalue weighted by atomic mass is 10.0. The Morgan fingerprint density at radius 2 is 2.15 bits per heavy atom. The van der Waals surface area contributed by atoms with Gasteiger partial charge in [0.15, 0.2) is 0 Å². The van der Waals surface area contributed by atoms with E-state index in [0.717, 1.165) is 11.1 Å². The highest BCUT2D eigenvalue weighted by Gasteiger charge is 2.34. The molecule has 0 radical (unpaired) electrons. The molecule has 1 aliphatic rings. The van der Waals surface area contributed by atoms with Crippen LogP contribution in [0.2, 0.25) is 0 Å². The van der Waals surface area contributed by atoms with Gasteiger partial charge in [-0.25, -0.2) is 8.42 Å². The van der Waals surface area contributed by atoms with E-state index in [0.29, 0.717) is 29.7 Å². The summed E-state index contributed by atoms with van der Waals surface area (Å²) in [7, 11) is -1.84. The number of rotatable bonds is 4. The number of hydrogen-bond donors (Lipinski definition) is 0. The molecule has 0 saturated heterocycles. The van der Waals surface area contributed by atoms with Gasteiger partial charge in [0.2, 0.25) is 5.91 Å². The third-order valence-electron chi connectivity index (χ3n) is 4.54. The molecule has 26 heavy (non-hydrogen) atoms. The Balaban J connectivity index is 1.95. The van der Waals surface area contributed by atoms with E-state index in [1.165, 1.54) is 22.6 Å². The first kappa shape index (κ1) is 18.9. The summed E-state index contributed by atoms with van der Waals surface area (Å²) in [4.78, 5) is 13.1. The minimum absolute atomic E-state index is 0.0221. The van der Waals surface area contributed by atoms with Crippen molar-refractivity contribution >= 4 is 27.3 Å². The molecule has 1 aliphatic heterocycles. The SMILES string of the molecule is CC(=O)N(C)Cc1ccc2c(c1)[C@H](C)N(S(=O)(=O)c1cccs1)CCO2. The van der Waals surface area contributed by atoms with Crippen molar-refractivity contribution in [3.8, 4) is 5.75 Å². The molecule has 140 valence electrons. The molecule has 0 fully saturated rings. The highest BCUT2D eigenvalue weighted by molar-refractivity contribution is 7.91. The Bertz CT molecular complexity index is 894. The van der Waals surface area contributed by atoms with E-state index in [1.54, 1.807) is 29.5 Å². The fourth-order valence-corrected chi connectivity index (χ4v) is 5.70. The van der Waals surface area contributed by atoms with Gasteiger partial charge in [-0.15, -0.1) is 11.3 Å². The van der Waals surface area contributed by atoms with E-state index in [4.69, 9.17) is 4.74 Å². The fourth-order valence-electron chi connectivity index (χ4n) is 2.99. The molecule has 1 atom stereocenters. The van der Waals surface area contributed by atoms with Crippen LogP contribution in [0.4, 0.5) is 0 Å². The van der Waals surface area contributed by atoms with Crippen molar-refractivity contribution in [3.63, 3.8) is 0 Å². The number of hydrogen-bond acceptors (Lipinski definition) is 5. The summed E-state index contributed by atoms with van der Waals surface area (Å²) < 4.78 is 33.6. The van der Waals surface area contributed by atoms with Crippen LogP contribution in [0.5, 0.6) is 5.75 Å². The molecule has 1 amide bonds. The lowest BCUT2D eigenvalue weighted by Crippen LogP contribution is -2.34. The molecule has 2 aromatic rings. The molecule has 1 aromatic heterocycles. The van der Waals surface area contributed by atoms with Gasteiger partial charge in [0, 0.05) is 32.6 Å². The van der Waals surface area contributed by atoms with E-state index in [-0.39, 0.29) is 11.9 Å². The van der Waals surface area contributed by atoms with Gasteiger partial charge in [-0.05, 0) is 36.1 Å². The maximum atomic E-state index is 13.0. The molecule has 0 bridgehead atoms. The minimum Gasteiger partial charge on any atom is -0.492 e. The Labute approximate surface area is 158 Å². The van der Waals surface area contributed by atoms with Gasteiger partial charge in [0.25, 0.3) is 10.0 Å². The Kier molecular flexibility index (Phi) is 5.36. The summed E-state index contributed by atoms with van der Waals surface area (Å²) >= 11 is 1.21. The lowest BCUT2D eigenvalue weighted by molar-refractivity contribution is -0.128. The number of amides is 1. The van der Waals surface area contributed by atoms with Crippen LogP contribution in [0, 0.1) is 0 Å². The molecule has 1 aromatic carbocycles. The standard InChI is InChI=1S/C18H22N2O4S2/c1-13-16-11-15(12-19(3)14(2)21)6-7-17(16)24-9-8-20(13)26(22,23)18-5-4-10-25-18/h4-7,10-11,13H,8-9,12H2,1-3H3/t13-/m0/s1. The Morgan fingerprint density at radius 1 is 1.38 bits per heavy atom. The molecule has 0 unspecified atom stereocenters. The topological polar surface area (TPSA) is 66.9 Å². The van der Waals surface area contributed by atoms with Crippen molar-refractivity contribution in [1.82, 2.24) is 9.21 Å². The molecule has 0 spiro atoms. The highest BCUT2D eigenvalue weighted by Crippen LogP contribution is 2.36. The third-order valence-corrected chi connectivity index (χ3v) is 7.88. The number of thiophene rings is 1. The Hall–Kier alpha value is -1.90. The smallest absolute Gasteiger partial charge is 0.253 e.